The van der Waals surface area contributed by atoms with E-state index in [4.69, 9.17) is 10.5 Å². The lowest BCUT2D eigenvalue weighted by Crippen LogP contribution is -2.44. The molecule has 1 saturated carbocycles. The zero-order valence-electron chi connectivity index (χ0n) is 14.0. The highest BCUT2D eigenvalue weighted by molar-refractivity contribution is 5.36. The summed E-state index contributed by atoms with van der Waals surface area (Å²) in [5, 5.41) is 0. The van der Waals surface area contributed by atoms with Gasteiger partial charge in [0.1, 0.15) is 5.75 Å². The molecule has 0 heterocycles. The first kappa shape index (κ1) is 17.0. The molecule has 1 aliphatic rings. The Balaban J connectivity index is 2.05. The zero-order chi connectivity index (χ0) is 15.9. The molecule has 1 fully saturated rings. The third-order valence-corrected chi connectivity index (χ3v) is 4.92. The van der Waals surface area contributed by atoms with Gasteiger partial charge in [-0.3, -0.25) is 4.90 Å². The van der Waals surface area contributed by atoms with Gasteiger partial charge in [-0.25, -0.2) is 0 Å². The average Bonchev–Trinajstić information content (AvgIpc) is 3.08. The number of nitrogens with zero attached hydrogens (tertiary/aromatic N) is 1. The quantitative estimate of drug-likeness (QED) is 0.746. The van der Waals surface area contributed by atoms with Crippen LogP contribution >= 0.6 is 0 Å². The first-order valence-corrected chi connectivity index (χ1v) is 8.40. The summed E-state index contributed by atoms with van der Waals surface area (Å²) in [6, 6.07) is 8.96. The number of hydrogen-bond acceptors (Lipinski definition) is 3. The second kappa shape index (κ2) is 8.35. The molecule has 2 atom stereocenters. The molecule has 0 radical (unpaired) electrons. The maximum Gasteiger partial charge on any atom is 0.122 e. The minimum Gasteiger partial charge on any atom is -0.496 e. The predicted octanol–water partition coefficient (Wildman–Crippen LogP) is 3.56. The summed E-state index contributed by atoms with van der Waals surface area (Å²) in [6.07, 6.45) is 7.28. The second-order valence-electron chi connectivity index (χ2n) is 6.38. The van der Waals surface area contributed by atoms with Crippen LogP contribution in [0.3, 0.4) is 0 Å². The largest absolute Gasteiger partial charge is 0.496 e. The Morgan fingerprint density at radius 2 is 2.05 bits per heavy atom. The van der Waals surface area contributed by atoms with Crippen molar-refractivity contribution in [1.29, 1.82) is 0 Å². The lowest BCUT2D eigenvalue weighted by atomic mass is 9.92. The van der Waals surface area contributed by atoms with Crippen LogP contribution in [0.2, 0.25) is 0 Å². The molecule has 1 aliphatic carbocycles. The molecule has 2 rings (SSSR count). The molecule has 2 unspecified atom stereocenters. The minimum atomic E-state index is 0.0943. The van der Waals surface area contributed by atoms with Crippen molar-refractivity contribution in [3.05, 3.63) is 42.5 Å². The summed E-state index contributed by atoms with van der Waals surface area (Å²) in [5.74, 6) is 1.20. The molecule has 1 aromatic carbocycles. The van der Waals surface area contributed by atoms with Crippen LogP contribution in [0, 0.1) is 0 Å². The van der Waals surface area contributed by atoms with Crippen molar-refractivity contribution in [3.63, 3.8) is 0 Å². The van der Waals surface area contributed by atoms with Crippen molar-refractivity contribution in [3.8, 4) is 5.75 Å². The van der Waals surface area contributed by atoms with E-state index in [-0.39, 0.29) is 12.0 Å². The van der Waals surface area contributed by atoms with Gasteiger partial charge in [0.25, 0.3) is 0 Å². The Morgan fingerprint density at radius 3 is 2.68 bits per heavy atom. The summed E-state index contributed by atoms with van der Waals surface area (Å²) < 4.78 is 5.48. The van der Waals surface area contributed by atoms with Gasteiger partial charge in [0.05, 0.1) is 7.11 Å². The van der Waals surface area contributed by atoms with Crippen LogP contribution in [-0.2, 0) is 0 Å². The van der Waals surface area contributed by atoms with Gasteiger partial charge in [0, 0.05) is 31.1 Å². The van der Waals surface area contributed by atoms with Gasteiger partial charge in [-0.2, -0.15) is 0 Å². The third-order valence-electron chi connectivity index (χ3n) is 4.92. The zero-order valence-corrected chi connectivity index (χ0v) is 14.0. The van der Waals surface area contributed by atoms with Gasteiger partial charge in [0.15, 0.2) is 0 Å². The number of hydrogen-bond donors (Lipinski definition) is 1. The van der Waals surface area contributed by atoms with E-state index < -0.39 is 0 Å². The SMILES string of the molecule is C=CCN(CC(N)C(C)c1ccccc1OC)C1CCCC1. The van der Waals surface area contributed by atoms with Gasteiger partial charge in [-0.1, -0.05) is 44.0 Å². The van der Waals surface area contributed by atoms with E-state index in [1.807, 2.05) is 18.2 Å². The van der Waals surface area contributed by atoms with E-state index in [0.29, 0.717) is 6.04 Å². The molecular formula is C19H30N2O. The number of ether oxygens (including phenoxy) is 1. The first-order valence-electron chi connectivity index (χ1n) is 8.40. The van der Waals surface area contributed by atoms with E-state index >= 15 is 0 Å². The van der Waals surface area contributed by atoms with Crippen molar-refractivity contribution in [2.45, 2.75) is 50.6 Å². The van der Waals surface area contributed by atoms with E-state index in [1.54, 1.807) is 7.11 Å². The van der Waals surface area contributed by atoms with Crippen molar-refractivity contribution in [2.75, 3.05) is 20.2 Å². The Hall–Kier alpha value is -1.32. The molecule has 0 aromatic heterocycles. The van der Waals surface area contributed by atoms with Crippen LogP contribution in [0.15, 0.2) is 36.9 Å². The van der Waals surface area contributed by atoms with Crippen LogP contribution in [0.1, 0.15) is 44.1 Å². The second-order valence-corrected chi connectivity index (χ2v) is 6.38. The molecule has 22 heavy (non-hydrogen) atoms. The highest BCUT2D eigenvalue weighted by Crippen LogP contribution is 2.29. The van der Waals surface area contributed by atoms with Gasteiger partial charge < -0.3 is 10.5 Å². The molecular weight excluding hydrogens is 272 g/mol. The predicted molar refractivity (Wildman–Crippen MR) is 93.4 cm³/mol. The van der Waals surface area contributed by atoms with E-state index in [2.05, 4.69) is 30.5 Å². The Morgan fingerprint density at radius 1 is 1.36 bits per heavy atom. The fraction of sp³-hybridized carbons (Fsp3) is 0.579. The number of para-hydroxylation sites is 1. The topological polar surface area (TPSA) is 38.5 Å². The summed E-state index contributed by atoms with van der Waals surface area (Å²) in [7, 11) is 1.72. The number of rotatable bonds is 8. The molecule has 0 spiro atoms. The standard InChI is InChI=1S/C19H30N2O/c1-4-13-21(16-9-5-6-10-16)14-18(20)15(2)17-11-7-8-12-19(17)22-3/h4,7-8,11-12,15-16,18H,1,5-6,9-10,13-14,20H2,2-3H3. The fourth-order valence-electron chi connectivity index (χ4n) is 3.51. The Kier molecular flexibility index (Phi) is 6.47. The smallest absolute Gasteiger partial charge is 0.122 e. The highest BCUT2D eigenvalue weighted by atomic mass is 16.5. The van der Waals surface area contributed by atoms with Crippen LogP contribution in [0.4, 0.5) is 0 Å². The highest BCUT2D eigenvalue weighted by Gasteiger charge is 2.26. The van der Waals surface area contributed by atoms with Gasteiger partial charge in [-0.15, -0.1) is 6.58 Å². The Bertz CT molecular complexity index is 468. The summed E-state index contributed by atoms with van der Waals surface area (Å²) >= 11 is 0. The van der Waals surface area contributed by atoms with Crippen molar-refractivity contribution >= 4 is 0 Å². The molecule has 1 aromatic rings. The summed E-state index contributed by atoms with van der Waals surface area (Å²) in [4.78, 5) is 2.51. The molecule has 0 saturated heterocycles. The molecule has 0 bridgehead atoms. The normalized spacial score (nSPS) is 18.4. The lowest BCUT2D eigenvalue weighted by Gasteiger charge is -2.32. The van der Waals surface area contributed by atoms with Crippen molar-refractivity contribution in [2.24, 2.45) is 5.73 Å². The summed E-state index contributed by atoms with van der Waals surface area (Å²) in [6.45, 7) is 7.94. The number of nitrogens with two attached hydrogens (primary N) is 1. The number of benzene rings is 1. The van der Waals surface area contributed by atoms with Crippen LogP contribution in [0.5, 0.6) is 5.75 Å². The lowest BCUT2D eigenvalue weighted by molar-refractivity contribution is 0.200. The van der Waals surface area contributed by atoms with Crippen LogP contribution < -0.4 is 10.5 Å². The van der Waals surface area contributed by atoms with E-state index in [0.717, 1.165) is 18.8 Å². The maximum atomic E-state index is 6.54. The van der Waals surface area contributed by atoms with Crippen LogP contribution in [0.25, 0.3) is 0 Å². The maximum absolute atomic E-state index is 6.54. The Labute approximate surface area is 135 Å². The molecule has 0 aliphatic heterocycles. The molecule has 3 heteroatoms. The van der Waals surface area contributed by atoms with Gasteiger partial charge in [0.2, 0.25) is 0 Å². The third kappa shape index (κ3) is 4.11. The van der Waals surface area contributed by atoms with Crippen molar-refractivity contribution < 1.29 is 4.74 Å². The van der Waals surface area contributed by atoms with Crippen molar-refractivity contribution in [1.82, 2.24) is 4.90 Å². The van der Waals surface area contributed by atoms with E-state index in [1.165, 1.54) is 31.2 Å². The van der Waals surface area contributed by atoms with E-state index in [9.17, 15) is 0 Å². The molecule has 3 nitrogen and oxygen atoms in total. The fourth-order valence-corrected chi connectivity index (χ4v) is 3.51. The average molecular weight is 302 g/mol. The summed E-state index contributed by atoms with van der Waals surface area (Å²) in [5.41, 5.74) is 7.74. The molecule has 122 valence electrons. The monoisotopic (exact) mass is 302 g/mol. The first-order chi connectivity index (χ1) is 10.7. The molecule has 0 amide bonds. The van der Waals surface area contributed by atoms with Gasteiger partial charge in [-0.05, 0) is 24.5 Å². The van der Waals surface area contributed by atoms with Crippen LogP contribution in [-0.4, -0.2) is 37.2 Å². The minimum absolute atomic E-state index is 0.0943. The van der Waals surface area contributed by atoms with Gasteiger partial charge >= 0.3 is 0 Å². The number of methoxy groups -OCH3 is 1. The molecule has 2 N–H and O–H groups in total.